The van der Waals surface area contributed by atoms with Gasteiger partial charge in [-0.3, -0.25) is 9.48 Å². The Morgan fingerprint density at radius 2 is 2.62 bits per heavy atom. The van der Waals surface area contributed by atoms with Gasteiger partial charge in [-0.05, 0) is 5.92 Å². The first kappa shape index (κ1) is 9.26. The van der Waals surface area contributed by atoms with Crippen LogP contribution in [0.15, 0.2) is 6.33 Å². The van der Waals surface area contributed by atoms with Crippen molar-refractivity contribution in [2.75, 3.05) is 6.54 Å². The third kappa shape index (κ3) is 2.95. The smallest absolute Gasteiger partial charge is 0.295 e. The Balaban J connectivity index is 2.29. The lowest BCUT2D eigenvalue weighted by molar-refractivity contribution is -0.115. The maximum Gasteiger partial charge on any atom is 0.295 e. The van der Waals surface area contributed by atoms with Crippen LogP contribution >= 0.6 is 0 Å². The van der Waals surface area contributed by atoms with Gasteiger partial charge < -0.3 is 5.32 Å². The van der Waals surface area contributed by atoms with E-state index in [1.807, 2.05) is 5.92 Å². The van der Waals surface area contributed by atoms with Crippen LogP contribution < -0.4 is 5.32 Å². The number of nitrogens with zero attached hydrogens (tertiary/aromatic N) is 3. The average molecular weight is 178 g/mol. The van der Waals surface area contributed by atoms with Crippen molar-refractivity contribution in [2.45, 2.75) is 6.42 Å². The molecule has 5 nitrogen and oxygen atoms in total. The molecule has 68 valence electrons. The molecule has 1 rings (SSSR count). The third-order valence-electron chi connectivity index (χ3n) is 1.41. The maximum absolute atomic E-state index is 10.6. The Morgan fingerprint density at radius 1 is 1.85 bits per heavy atom. The second-order valence-corrected chi connectivity index (χ2v) is 2.48. The summed E-state index contributed by atoms with van der Waals surface area (Å²) < 4.78 is 1.61. The number of carbonyl (C=O) groups is 1. The van der Waals surface area contributed by atoms with Crippen LogP contribution in [0.5, 0.6) is 0 Å². The second kappa shape index (κ2) is 4.26. The zero-order valence-corrected chi connectivity index (χ0v) is 7.32. The highest BCUT2D eigenvalue weighted by Gasteiger charge is 1.99. The number of aromatic nitrogens is 3. The molecule has 0 radical (unpaired) electrons. The Bertz CT molecular complexity index is 336. The molecule has 1 aromatic heterocycles. The standard InChI is InChI=1S/C8H10N4O/c1-3-8(13)9-5-4-7-10-6-12(2)11-7/h1,6H,4-5H2,2H3,(H,9,13). The number of amides is 1. The third-order valence-corrected chi connectivity index (χ3v) is 1.41. The Labute approximate surface area is 76.2 Å². The molecule has 13 heavy (non-hydrogen) atoms. The Kier molecular flexibility index (Phi) is 3.03. The topological polar surface area (TPSA) is 59.8 Å². The molecular formula is C8H10N4O. The molecule has 1 aromatic rings. The number of carbonyl (C=O) groups excluding carboxylic acids is 1. The fourth-order valence-corrected chi connectivity index (χ4v) is 0.837. The van der Waals surface area contributed by atoms with Gasteiger partial charge in [-0.2, -0.15) is 5.10 Å². The lowest BCUT2D eigenvalue weighted by Crippen LogP contribution is -2.24. The molecule has 0 atom stereocenters. The second-order valence-electron chi connectivity index (χ2n) is 2.48. The summed E-state index contributed by atoms with van der Waals surface area (Å²) in [5.74, 6) is 2.25. The number of terminal acetylenes is 1. The molecule has 1 heterocycles. The molecule has 1 N–H and O–H groups in total. The van der Waals surface area contributed by atoms with Gasteiger partial charge in [0.05, 0.1) is 0 Å². The first-order valence-electron chi connectivity index (χ1n) is 3.81. The highest BCUT2D eigenvalue weighted by molar-refractivity contribution is 5.92. The molecule has 0 saturated carbocycles. The molecular weight excluding hydrogens is 168 g/mol. The molecule has 0 unspecified atom stereocenters. The van der Waals surface area contributed by atoms with Crippen LogP contribution in [0.25, 0.3) is 0 Å². The monoisotopic (exact) mass is 178 g/mol. The van der Waals surface area contributed by atoms with E-state index < -0.39 is 5.91 Å². The summed E-state index contributed by atoms with van der Waals surface area (Å²) in [6.45, 7) is 0.465. The summed E-state index contributed by atoms with van der Waals surface area (Å²) in [6, 6.07) is 0. The number of rotatable bonds is 3. The minimum Gasteiger partial charge on any atom is -0.345 e. The Morgan fingerprint density at radius 3 is 3.15 bits per heavy atom. The van der Waals surface area contributed by atoms with E-state index in [1.165, 1.54) is 0 Å². The zero-order valence-electron chi connectivity index (χ0n) is 7.32. The van der Waals surface area contributed by atoms with E-state index in [-0.39, 0.29) is 0 Å². The summed E-state index contributed by atoms with van der Waals surface area (Å²) in [6.07, 6.45) is 7.06. The molecule has 0 aliphatic rings. The van der Waals surface area contributed by atoms with E-state index in [2.05, 4.69) is 15.4 Å². The SMILES string of the molecule is C#CC(=O)NCCc1ncn(C)n1. The van der Waals surface area contributed by atoms with Crippen LogP contribution in [0.2, 0.25) is 0 Å². The van der Waals surface area contributed by atoms with Gasteiger partial charge in [-0.1, -0.05) is 0 Å². The summed E-state index contributed by atoms with van der Waals surface area (Å²) >= 11 is 0. The van der Waals surface area contributed by atoms with Crippen LogP contribution in [0.4, 0.5) is 0 Å². The summed E-state index contributed by atoms with van der Waals surface area (Å²) in [5, 5.41) is 6.56. The van der Waals surface area contributed by atoms with E-state index in [9.17, 15) is 4.79 Å². The maximum atomic E-state index is 10.6. The predicted octanol–water partition coefficient (Wildman–Crippen LogP) is -0.893. The highest BCUT2D eigenvalue weighted by Crippen LogP contribution is 1.87. The quantitative estimate of drug-likeness (QED) is 0.611. The van der Waals surface area contributed by atoms with Crippen LogP contribution in [-0.4, -0.2) is 27.2 Å². The molecule has 0 aliphatic heterocycles. The lowest BCUT2D eigenvalue weighted by Gasteiger charge is -1.96. The summed E-state index contributed by atoms with van der Waals surface area (Å²) in [4.78, 5) is 14.6. The van der Waals surface area contributed by atoms with Gasteiger partial charge in [0.25, 0.3) is 5.91 Å². The summed E-state index contributed by atoms with van der Waals surface area (Å²) in [5.41, 5.74) is 0. The number of hydrogen-bond acceptors (Lipinski definition) is 3. The molecule has 0 saturated heterocycles. The lowest BCUT2D eigenvalue weighted by atomic mass is 10.4. The minimum atomic E-state index is -0.407. The predicted molar refractivity (Wildman–Crippen MR) is 46.5 cm³/mol. The minimum absolute atomic E-state index is 0.407. The van der Waals surface area contributed by atoms with Gasteiger partial charge in [0.2, 0.25) is 0 Å². The fraction of sp³-hybridized carbons (Fsp3) is 0.375. The molecule has 1 amide bonds. The van der Waals surface area contributed by atoms with Crippen molar-refractivity contribution in [1.29, 1.82) is 0 Å². The molecule has 0 aromatic carbocycles. The highest BCUT2D eigenvalue weighted by atomic mass is 16.1. The van der Waals surface area contributed by atoms with Gasteiger partial charge in [0.1, 0.15) is 6.33 Å². The van der Waals surface area contributed by atoms with E-state index in [1.54, 1.807) is 18.1 Å². The van der Waals surface area contributed by atoms with Gasteiger partial charge in [0.15, 0.2) is 5.82 Å². The largest absolute Gasteiger partial charge is 0.345 e. The number of aryl methyl sites for hydroxylation is 1. The Hall–Kier alpha value is -1.83. The fourth-order valence-electron chi connectivity index (χ4n) is 0.837. The van der Waals surface area contributed by atoms with Gasteiger partial charge >= 0.3 is 0 Å². The van der Waals surface area contributed by atoms with Crippen LogP contribution in [0, 0.1) is 12.3 Å². The van der Waals surface area contributed by atoms with Gasteiger partial charge in [0, 0.05) is 20.0 Å². The van der Waals surface area contributed by atoms with Crippen LogP contribution in [0.3, 0.4) is 0 Å². The number of hydrogen-bond donors (Lipinski definition) is 1. The van der Waals surface area contributed by atoms with Crippen molar-refractivity contribution < 1.29 is 4.79 Å². The van der Waals surface area contributed by atoms with E-state index >= 15 is 0 Å². The summed E-state index contributed by atoms with van der Waals surface area (Å²) in [7, 11) is 1.79. The molecule has 0 spiro atoms. The molecule has 0 fully saturated rings. The molecule has 0 bridgehead atoms. The number of nitrogens with one attached hydrogen (secondary N) is 1. The average Bonchev–Trinajstić information content (AvgIpc) is 2.51. The van der Waals surface area contributed by atoms with Crippen molar-refractivity contribution in [3.8, 4) is 12.3 Å². The van der Waals surface area contributed by atoms with E-state index in [0.29, 0.717) is 18.8 Å². The molecule has 0 aliphatic carbocycles. The van der Waals surface area contributed by atoms with E-state index in [4.69, 9.17) is 6.42 Å². The van der Waals surface area contributed by atoms with Crippen molar-refractivity contribution in [3.05, 3.63) is 12.2 Å². The van der Waals surface area contributed by atoms with E-state index in [0.717, 1.165) is 0 Å². The first-order chi connectivity index (χ1) is 6.22. The van der Waals surface area contributed by atoms with Crippen LogP contribution in [0.1, 0.15) is 5.82 Å². The van der Waals surface area contributed by atoms with Crippen molar-refractivity contribution in [2.24, 2.45) is 7.05 Å². The van der Waals surface area contributed by atoms with Gasteiger partial charge in [-0.15, -0.1) is 6.42 Å². The normalized spacial score (nSPS) is 9.23. The van der Waals surface area contributed by atoms with Crippen molar-refractivity contribution in [1.82, 2.24) is 20.1 Å². The van der Waals surface area contributed by atoms with Crippen LogP contribution in [-0.2, 0) is 18.3 Å². The van der Waals surface area contributed by atoms with Crippen molar-refractivity contribution >= 4 is 5.91 Å². The first-order valence-corrected chi connectivity index (χ1v) is 3.81. The van der Waals surface area contributed by atoms with Crippen molar-refractivity contribution in [3.63, 3.8) is 0 Å². The zero-order chi connectivity index (χ0) is 9.68. The van der Waals surface area contributed by atoms with Gasteiger partial charge in [-0.25, -0.2) is 4.98 Å². The molecule has 5 heteroatoms.